The molecule has 0 spiro atoms. The SMILES string of the molecule is Cc1ccc(NC(=O)C(C)NC2CCCCC2)cc1. The molecule has 0 aliphatic heterocycles. The Bertz CT molecular complexity index is 407. The molecule has 0 saturated heterocycles. The third-order valence-corrected chi connectivity index (χ3v) is 3.80. The van der Waals surface area contributed by atoms with Gasteiger partial charge < -0.3 is 10.6 Å². The zero-order valence-corrected chi connectivity index (χ0v) is 11.9. The van der Waals surface area contributed by atoms with E-state index in [0.717, 1.165) is 5.69 Å². The highest BCUT2D eigenvalue weighted by molar-refractivity contribution is 5.94. The minimum Gasteiger partial charge on any atom is -0.325 e. The molecule has 1 amide bonds. The van der Waals surface area contributed by atoms with E-state index in [0.29, 0.717) is 6.04 Å². The molecule has 1 aromatic rings. The lowest BCUT2D eigenvalue weighted by Gasteiger charge is -2.26. The van der Waals surface area contributed by atoms with Gasteiger partial charge in [-0.15, -0.1) is 0 Å². The van der Waals surface area contributed by atoms with Crippen LogP contribution in [0.3, 0.4) is 0 Å². The fraction of sp³-hybridized carbons (Fsp3) is 0.562. The normalized spacial score (nSPS) is 18.0. The quantitative estimate of drug-likeness (QED) is 0.872. The minimum absolute atomic E-state index is 0.0504. The zero-order chi connectivity index (χ0) is 13.7. The summed E-state index contributed by atoms with van der Waals surface area (Å²) >= 11 is 0. The standard InChI is InChI=1S/C16H24N2O/c1-12-8-10-15(11-9-12)18-16(19)13(2)17-14-6-4-3-5-7-14/h8-11,13-14,17H,3-7H2,1-2H3,(H,18,19). The van der Waals surface area contributed by atoms with Crippen LogP contribution in [0.5, 0.6) is 0 Å². The van der Waals surface area contributed by atoms with Crippen molar-refractivity contribution in [3.05, 3.63) is 29.8 Å². The minimum atomic E-state index is -0.135. The molecule has 1 aliphatic rings. The molecule has 3 heteroatoms. The van der Waals surface area contributed by atoms with Crippen LogP contribution in [0, 0.1) is 6.92 Å². The summed E-state index contributed by atoms with van der Waals surface area (Å²) in [4.78, 5) is 12.1. The number of carbonyl (C=O) groups is 1. The lowest BCUT2D eigenvalue weighted by atomic mass is 9.95. The van der Waals surface area contributed by atoms with Crippen molar-refractivity contribution in [2.24, 2.45) is 0 Å². The van der Waals surface area contributed by atoms with Crippen LogP contribution in [0.2, 0.25) is 0 Å². The maximum absolute atomic E-state index is 12.1. The molecule has 2 rings (SSSR count). The molecule has 104 valence electrons. The van der Waals surface area contributed by atoms with Gasteiger partial charge in [0.15, 0.2) is 0 Å². The molecule has 3 nitrogen and oxygen atoms in total. The molecule has 1 fully saturated rings. The van der Waals surface area contributed by atoms with Crippen molar-refractivity contribution in [1.82, 2.24) is 5.32 Å². The van der Waals surface area contributed by atoms with Crippen LogP contribution in [0.1, 0.15) is 44.6 Å². The highest BCUT2D eigenvalue weighted by Crippen LogP contribution is 2.18. The van der Waals surface area contributed by atoms with Gasteiger partial charge in [0.25, 0.3) is 0 Å². The Hall–Kier alpha value is -1.35. The lowest BCUT2D eigenvalue weighted by molar-refractivity contribution is -0.118. The summed E-state index contributed by atoms with van der Waals surface area (Å²) in [6, 6.07) is 8.28. The summed E-state index contributed by atoms with van der Waals surface area (Å²) in [6.07, 6.45) is 6.29. The van der Waals surface area contributed by atoms with Crippen LogP contribution in [0.4, 0.5) is 5.69 Å². The molecule has 0 heterocycles. The van der Waals surface area contributed by atoms with Crippen LogP contribution in [-0.4, -0.2) is 18.0 Å². The molecule has 0 aromatic heterocycles. The Morgan fingerprint density at radius 3 is 2.42 bits per heavy atom. The van der Waals surface area contributed by atoms with E-state index in [4.69, 9.17) is 0 Å². The summed E-state index contributed by atoms with van der Waals surface area (Å²) in [6.45, 7) is 3.98. The molecular weight excluding hydrogens is 236 g/mol. The number of rotatable bonds is 4. The zero-order valence-electron chi connectivity index (χ0n) is 11.9. The van der Waals surface area contributed by atoms with E-state index in [1.807, 2.05) is 38.1 Å². The highest BCUT2D eigenvalue weighted by atomic mass is 16.2. The molecule has 2 N–H and O–H groups in total. The van der Waals surface area contributed by atoms with Crippen LogP contribution >= 0.6 is 0 Å². The Morgan fingerprint density at radius 2 is 1.79 bits per heavy atom. The number of nitrogens with one attached hydrogen (secondary N) is 2. The second kappa shape index (κ2) is 6.71. The first-order valence-electron chi connectivity index (χ1n) is 7.29. The number of aryl methyl sites for hydroxylation is 1. The van der Waals surface area contributed by atoms with Gasteiger partial charge in [-0.05, 0) is 38.8 Å². The first kappa shape index (κ1) is 14.1. The van der Waals surface area contributed by atoms with E-state index in [9.17, 15) is 4.79 Å². The number of amides is 1. The maximum Gasteiger partial charge on any atom is 0.241 e. The van der Waals surface area contributed by atoms with Crippen molar-refractivity contribution in [3.63, 3.8) is 0 Å². The predicted octanol–water partition coefficient (Wildman–Crippen LogP) is 3.24. The van der Waals surface area contributed by atoms with E-state index < -0.39 is 0 Å². The molecule has 0 bridgehead atoms. The predicted molar refractivity (Wildman–Crippen MR) is 79.3 cm³/mol. The number of carbonyl (C=O) groups excluding carboxylic acids is 1. The fourth-order valence-electron chi connectivity index (χ4n) is 2.59. The number of hydrogen-bond donors (Lipinski definition) is 2. The third kappa shape index (κ3) is 4.35. The van der Waals surface area contributed by atoms with Crippen molar-refractivity contribution in [3.8, 4) is 0 Å². The molecular formula is C16H24N2O. The van der Waals surface area contributed by atoms with Gasteiger partial charge in [0.2, 0.25) is 5.91 Å². The Morgan fingerprint density at radius 1 is 1.16 bits per heavy atom. The van der Waals surface area contributed by atoms with Crippen LogP contribution in [0.15, 0.2) is 24.3 Å². The van der Waals surface area contributed by atoms with E-state index in [1.165, 1.54) is 37.7 Å². The summed E-state index contributed by atoms with van der Waals surface area (Å²) < 4.78 is 0. The third-order valence-electron chi connectivity index (χ3n) is 3.80. The van der Waals surface area contributed by atoms with E-state index in [2.05, 4.69) is 10.6 Å². The van der Waals surface area contributed by atoms with Crippen molar-refractivity contribution in [1.29, 1.82) is 0 Å². The smallest absolute Gasteiger partial charge is 0.241 e. The van der Waals surface area contributed by atoms with Crippen LogP contribution in [-0.2, 0) is 4.79 Å². The number of benzene rings is 1. The van der Waals surface area contributed by atoms with Gasteiger partial charge in [-0.3, -0.25) is 4.79 Å². The summed E-state index contributed by atoms with van der Waals surface area (Å²) in [7, 11) is 0. The summed E-state index contributed by atoms with van der Waals surface area (Å²) in [5.41, 5.74) is 2.07. The first-order valence-corrected chi connectivity index (χ1v) is 7.29. The van der Waals surface area contributed by atoms with Gasteiger partial charge >= 0.3 is 0 Å². The van der Waals surface area contributed by atoms with Crippen molar-refractivity contribution < 1.29 is 4.79 Å². The van der Waals surface area contributed by atoms with E-state index in [-0.39, 0.29) is 11.9 Å². The van der Waals surface area contributed by atoms with E-state index in [1.54, 1.807) is 0 Å². The van der Waals surface area contributed by atoms with Gasteiger partial charge in [-0.1, -0.05) is 37.0 Å². The molecule has 19 heavy (non-hydrogen) atoms. The maximum atomic E-state index is 12.1. The molecule has 0 radical (unpaired) electrons. The van der Waals surface area contributed by atoms with Gasteiger partial charge in [-0.25, -0.2) is 0 Å². The van der Waals surface area contributed by atoms with Crippen molar-refractivity contribution >= 4 is 11.6 Å². The van der Waals surface area contributed by atoms with Gasteiger partial charge in [0.05, 0.1) is 6.04 Å². The number of anilines is 1. The van der Waals surface area contributed by atoms with Gasteiger partial charge in [-0.2, -0.15) is 0 Å². The van der Waals surface area contributed by atoms with Gasteiger partial charge in [0, 0.05) is 11.7 Å². The fourth-order valence-corrected chi connectivity index (χ4v) is 2.59. The van der Waals surface area contributed by atoms with Crippen LogP contribution < -0.4 is 10.6 Å². The average molecular weight is 260 g/mol. The van der Waals surface area contributed by atoms with Crippen molar-refractivity contribution in [2.75, 3.05) is 5.32 Å². The second-order valence-electron chi connectivity index (χ2n) is 5.58. The molecule has 1 saturated carbocycles. The molecule has 1 aliphatic carbocycles. The first-order chi connectivity index (χ1) is 9.15. The monoisotopic (exact) mass is 260 g/mol. The largest absolute Gasteiger partial charge is 0.325 e. The van der Waals surface area contributed by atoms with Crippen LogP contribution in [0.25, 0.3) is 0 Å². The highest BCUT2D eigenvalue weighted by Gasteiger charge is 2.19. The van der Waals surface area contributed by atoms with E-state index >= 15 is 0 Å². The second-order valence-corrected chi connectivity index (χ2v) is 5.58. The molecule has 1 unspecified atom stereocenters. The Kier molecular flexibility index (Phi) is 4.97. The molecule has 1 atom stereocenters. The Balaban J connectivity index is 1.83. The number of hydrogen-bond acceptors (Lipinski definition) is 2. The summed E-state index contributed by atoms with van der Waals surface area (Å²) in [5.74, 6) is 0.0504. The topological polar surface area (TPSA) is 41.1 Å². The van der Waals surface area contributed by atoms with Crippen molar-refractivity contribution in [2.45, 2.75) is 58.0 Å². The Labute approximate surface area is 115 Å². The average Bonchev–Trinajstić information content (AvgIpc) is 2.42. The van der Waals surface area contributed by atoms with Gasteiger partial charge in [0.1, 0.15) is 0 Å². The lowest BCUT2D eigenvalue weighted by Crippen LogP contribution is -2.44. The molecule has 1 aromatic carbocycles. The summed E-state index contributed by atoms with van der Waals surface area (Å²) in [5, 5.41) is 6.40.